The molecule has 0 heterocycles. The lowest BCUT2D eigenvalue weighted by Gasteiger charge is -2.09. The lowest BCUT2D eigenvalue weighted by Crippen LogP contribution is -2.11. The molecule has 0 aliphatic heterocycles. The SMILES string of the molecule is COc1ccc(Cl)cc1C(=O)Oc1cc(F)ccc1[N+](=O)[O-]. The molecule has 0 spiro atoms. The molecule has 0 fully saturated rings. The molecule has 2 aromatic rings. The first kappa shape index (κ1) is 15.7. The Bertz CT molecular complexity index is 750. The van der Waals surface area contributed by atoms with Crippen LogP contribution in [0.2, 0.25) is 5.02 Å². The van der Waals surface area contributed by atoms with E-state index in [1.165, 1.54) is 25.3 Å². The molecule has 0 N–H and O–H groups in total. The van der Waals surface area contributed by atoms with Gasteiger partial charge < -0.3 is 9.47 Å². The summed E-state index contributed by atoms with van der Waals surface area (Å²) in [5.41, 5.74) is -0.565. The van der Waals surface area contributed by atoms with Crippen molar-refractivity contribution >= 4 is 23.3 Å². The first-order valence-electron chi connectivity index (χ1n) is 5.92. The molecule has 0 amide bonds. The van der Waals surface area contributed by atoms with E-state index in [0.717, 1.165) is 18.2 Å². The molecule has 22 heavy (non-hydrogen) atoms. The van der Waals surface area contributed by atoms with Crippen LogP contribution in [0.15, 0.2) is 36.4 Å². The van der Waals surface area contributed by atoms with Gasteiger partial charge in [-0.1, -0.05) is 11.6 Å². The average molecular weight is 326 g/mol. The average Bonchev–Trinajstić information content (AvgIpc) is 2.46. The van der Waals surface area contributed by atoms with Gasteiger partial charge in [-0.15, -0.1) is 0 Å². The Balaban J connectivity index is 2.39. The maximum Gasteiger partial charge on any atom is 0.347 e. The maximum absolute atomic E-state index is 13.2. The molecule has 0 atom stereocenters. The third-order valence-electron chi connectivity index (χ3n) is 2.70. The topological polar surface area (TPSA) is 78.7 Å². The lowest BCUT2D eigenvalue weighted by molar-refractivity contribution is -0.385. The minimum absolute atomic E-state index is 0.0337. The van der Waals surface area contributed by atoms with Gasteiger partial charge in [0.05, 0.1) is 12.0 Å². The summed E-state index contributed by atoms with van der Waals surface area (Å²) < 4.78 is 23.1. The smallest absolute Gasteiger partial charge is 0.347 e. The molecule has 0 saturated heterocycles. The predicted octanol–water partition coefficient (Wildman–Crippen LogP) is 3.62. The van der Waals surface area contributed by atoms with Crippen LogP contribution in [-0.2, 0) is 0 Å². The van der Waals surface area contributed by atoms with E-state index in [0.29, 0.717) is 0 Å². The molecule has 0 saturated carbocycles. The van der Waals surface area contributed by atoms with Gasteiger partial charge >= 0.3 is 11.7 Å². The van der Waals surface area contributed by atoms with E-state index in [4.69, 9.17) is 21.1 Å². The van der Waals surface area contributed by atoms with Crippen LogP contribution < -0.4 is 9.47 Å². The molecule has 2 aromatic carbocycles. The number of benzene rings is 2. The minimum Gasteiger partial charge on any atom is -0.496 e. The van der Waals surface area contributed by atoms with Crippen LogP contribution in [0.4, 0.5) is 10.1 Å². The van der Waals surface area contributed by atoms with Gasteiger partial charge in [-0.2, -0.15) is 0 Å². The van der Waals surface area contributed by atoms with E-state index < -0.39 is 28.1 Å². The van der Waals surface area contributed by atoms with E-state index >= 15 is 0 Å². The molecule has 0 aromatic heterocycles. The summed E-state index contributed by atoms with van der Waals surface area (Å²) in [4.78, 5) is 22.2. The lowest BCUT2D eigenvalue weighted by atomic mass is 10.2. The Morgan fingerprint density at radius 1 is 1.23 bits per heavy atom. The quantitative estimate of drug-likeness (QED) is 0.371. The number of nitro groups is 1. The Hall–Kier alpha value is -2.67. The largest absolute Gasteiger partial charge is 0.496 e. The number of rotatable bonds is 4. The Morgan fingerprint density at radius 2 is 1.95 bits per heavy atom. The highest BCUT2D eigenvalue weighted by molar-refractivity contribution is 6.31. The molecule has 0 bridgehead atoms. The summed E-state index contributed by atoms with van der Waals surface area (Å²) in [6.45, 7) is 0. The fraction of sp³-hybridized carbons (Fsp3) is 0.0714. The zero-order chi connectivity index (χ0) is 16.3. The molecular weight excluding hydrogens is 317 g/mol. The number of hydrogen-bond donors (Lipinski definition) is 0. The normalized spacial score (nSPS) is 10.1. The third-order valence-corrected chi connectivity index (χ3v) is 2.94. The van der Waals surface area contributed by atoms with Crippen LogP contribution in [0.5, 0.6) is 11.5 Å². The highest BCUT2D eigenvalue weighted by Crippen LogP contribution is 2.30. The van der Waals surface area contributed by atoms with Crippen LogP contribution in [0.25, 0.3) is 0 Å². The van der Waals surface area contributed by atoms with Crippen molar-refractivity contribution < 1.29 is 23.6 Å². The first-order chi connectivity index (χ1) is 10.4. The van der Waals surface area contributed by atoms with Crippen molar-refractivity contribution in [3.63, 3.8) is 0 Å². The number of esters is 1. The number of carbonyl (C=O) groups excluding carboxylic acids is 1. The van der Waals surface area contributed by atoms with Gasteiger partial charge in [0.15, 0.2) is 0 Å². The second-order valence-electron chi connectivity index (χ2n) is 4.10. The van der Waals surface area contributed by atoms with Crippen molar-refractivity contribution in [3.05, 3.63) is 62.9 Å². The van der Waals surface area contributed by atoms with Crippen LogP contribution in [-0.4, -0.2) is 18.0 Å². The van der Waals surface area contributed by atoms with E-state index in [9.17, 15) is 19.3 Å². The number of nitrogens with zero attached hydrogens (tertiary/aromatic N) is 1. The summed E-state index contributed by atoms with van der Waals surface area (Å²) in [5, 5.41) is 11.1. The van der Waals surface area contributed by atoms with Gasteiger partial charge in [-0.05, 0) is 24.3 Å². The van der Waals surface area contributed by atoms with E-state index in [1.807, 2.05) is 0 Å². The molecule has 114 valence electrons. The van der Waals surface area contributed by atoms with Gasteiger partial charge in [-0.3, -0.25) is 10.1 Å². The number of methoxy groups -OCH3 is 1. The minimum atomic E-state index is -0.951. The van der Waals surface area contributed by atoms with Crippen molar-refractivity contribution in [1.29, 1.82) is 0 Å². The van der Waals surface area contributed by atoms with Crippen LogP contribution in [0, 0.1) is 15.9 Å². The standard InChI is InChI=1S/C14H9ClFNO5/c1-21-12-5-2-8(15)6-10(12)14(18)22-13-7-9(16)3-4-11(13)17(19)20/h2-7H,1H3. The fourth-order valence-electron chi connectivity index (χ4n) is 1.72. The maximum atomic E-state index is 13.2. The second kappa shape index (κ2) is 6.40. The third kappa shape index (κ3) is 3.32. The Morgan fingerprint density at radius 3 is 2.59 bits per heavy atom. The van der Waals surface area contributed by atoms with E-state index in [-0.39, 0.29) is 16.3 Å². The van der Waals surface area contributed by atoms with E-state index in [1.54, 1.807) is 0 Å². The van der Waals surface area contributed by atoms with E-state index in [2.05, 4.69) is 0 Å². The summed E-state index contributed by atoms with van der Waals surface area (Å²) in [5.74, 6) is -2.05. The van der Waals surface area contributed by atoms with Gasteiger partial charge in [0.2, 0.25) is 5.75 Å². The number of carbonyl (C=O) groups is 1. The number of nitro benzene ring substituents is 1. The van der Waals surface area contributed by atoms with Crippen molar-refractivity contribution in [2.24, 2.45) is 0 Å². The molecule has 2 rings (SSSR count). The predicted molar refractivity (Wildman–Crippen MR) is 76.0 cm³/mol. The second-order valence-corrected chi connectivity index (χ2v) is 4.54. The van der Waals surface area contributed by atoms with Crippen molar-refractivity contribution in [3.8, 4) is 11.5 Å². The first-order valence-corrected chi connectivity index (χ1v) is 6.30. The number of hydrogen-bond acceptors (Lipinski definition) is 5. The molecule has 6 nitrogen and oxygen atoms in total. The molecule has 0 aliphatic rings. The fourth-order valence-corrected chi connectivity index (χ4v) is 1.89. The number of ether oxygens (including phenoxy) is 2. The van der Waals surface area contributed by atoms with Gasteiger partial charge in [0, 0.05) is 17.2 Å². The summed E-state index contributed by atoms with van der Waals surface area (Å²) in [6, 6.07) is 6.80. The van der Waals surface area contributed by atoms with Crippen molar-refractivity contribution in [2.75, 3.05) is 7.11 Å². The van der Waals surface area contributed by atoms with Gasteiger partial charge in [-0.25, -0.2) is 9.18 Å². The summed E-state index contributed by atoms with van der Waals surface area (Å²) in [7, 11) is 1.34. The molecule has 8 heteroatoms. The Kier molecular flexibility index (Phi) is 4.57. The van der Waals surface area contributed by atoms with Crippen LogP contribution in [0.3, 0.4) is 0 Å². The monoisotopic (exact) mass is 325 g/mol. The molecule has 0 unspecified atom stereocenters. The van der Waals surface area contributed by atoms with Crippen LogP contribution in [0.1, 0.15) is 10.4 Å². The zero-order valence-corrected chi connectivity index (χ0v) is 12.0. The van der Waals surface area contributed by atoms with Crippen LogP contribution >= 0.6 is 11.6 Å². The van der Waals surface area contributed by atoms with Gasteiger partial charge in [0.1, 0.15) is 17.1 Å². The van der Waals surface area contributed by atoms with Gasteiger partial charge in [0.25, 0.3) is 0 Å². The Labute approximate surface area is 129 Å². The highest BCUT2D eigenvalue weighted by Gasteiger charge is 2.22. The van der Waals surface area contributed by atoms with Crippen molar-refractivity contribution in [2.45, 2.75) is 0 Å². The molecule has 0 radical (unpaired) electrons. The number of halogens is 2. The zero-order valence-electron chi connectivity index (χ0n) is 11.2. The highest BCUT2D eigenvalue weighted by atomic mass is 35.5. The summed E-state index contributed by atoms with van der Waals surface area (Å²) in [6.07, 6.45) is 0. The summed E-state index contributed by atoms with van der Waals surface area (Å²) >= 11 is 5.80. The molecule has 0 aliphatic carbocycles. The van der Waals surface area contributed by atoms with Crippen molar-refractivity contribution in [1.82, 2.24) is 0 Å². The molecular formula is C14H9ClFNO5.